The average molecular weight is 212 g/mol. The summed E-state index contributed by atoms with van der Waals surface area (Å²) in [6.07, 6.45) is 0. The highest BCUT2D eigenvalue weighted by Gasteiger charge is 2.17. The lowest BCUT2D eigenvalue weighted by molar-refractivity contribution is -0.902. The Labute approximate surface area is 86.4 Å². The maximum absolute atomic E-state index is 4.23. The number of nitrogens with zero attached hydrogens (tertiary/aromatic N) is 1. The molecule has 0 radical (unpaired) electrons. The molecule has 0 saturated carbocycles. The first-order valence-electron chi connectivity index (χ1n) is 3.84. The Hall–Kier alpha value is 1.01. The molecule has 0 bridgehead atoms. The number of thiol groups is 3. The van der Waals surface area contributed by atoms with Crippen molar-refractivity contribution in [1.29, 1.82) is 0 Å². The van der Waals surface area contributed by atoms with Gasteiger partial charge in [0.1, 0.15) is 0 Å². The molecule has 0 amide bonds. The van der Waals surface area contributed by atoms with Gasteiger partial charge in [-0.3, -0.25) is 0 Å². The predicted octanol–water partition coefficient (Wildman–Crippen LogP) is 1.22. The Morgan fingerprint density at radius 2 is 1.09 bits per heavy atom. The van der Waals surface area contributed by atoms with E-state index in [1.54, 1.807) is 0 Å². The van der Waals surface area contributed by atoms with Crippen molar-refractivity contribution >= 4 is 37.9 Å². The first-order valence-corrected chi connectivity index (χ1v) is 5.74. The minimum Gasteiger partial charge on any atom is -0.324 e. The van der Waals surface area contributed by atoms with Crippen LogP contribution in [0.2, 0.25) is 0 Å². The van der Waals surface area contributed by atoms with Gasteiger partial charge in [-0.1, -0.05) is 0 Å². The van der Waals surface area contributed by atoms with Gasteiger partial charge < -0.3 is 4.48 Å². The van der Waals surface area contributed by atoms with E-state index in [1.807, 2.05) is 0 Å². The SMILES string of the molecule is C[N+](CCS)(CCS)CCS. The van der Waals surface area contributed by atoms with Gasteiger partial charge in [0.15, 0.2) is 0 Å². The molecular weight excluding hydrogens is 194 g/mol. The molecule has 0 aliphatic heterocycles. The molecule has 4 heteroatoms. The largest absolute Gasteiger partial charge is 0.324 e. The van der Waals surface area contributed by atoms with E-state index in [4.69, 9.17) is 0 Å². The zero-order valence-electron chi connectivity index (χ0n) is 7.03. The molecule has 0 aliphatic carbocycles. The highest BCUT2D eigenvalue weighted by atomic mass is 32.1. The molecule has 0 saturated heterocycles. The van der Waals surface area contributed by atoms with Crippen molar-refractivity contribution in [2.75, 3.05) is 43.9 Å². The van der Waals surface area contributed by atoms with Crippen molar-refractivity contribution in [3.63, 3.8) is 0 Å². The van der Waals surface area contributed by atoms with Gasteiger partial charge in [-0.15, -0.1) is 0 Å². The third-order valence-electron chi connectivity index (χ3n) is 1.92. The topological polar surface area (TPSA) is 0 Å². The normalized spacial score (nSPS) is 12.0. The zero-order valence-corrected chi connectivity index (χ0v) is 9.71. The van der Waals surface area contributed by atoms with Crippen molar-refractivity contribution in [1.82, 2.24) is 0 Å². The molecular formula is C7H18NS3+. The van der Waals surface area contributed by atoms with Crippen LogP contribution in [0.1, 0.15) is 0 Å². The predicted molar refractivity (Wildman–Crippen MR) is 62.3 cm³/mol. The molecule has 0 aliphatic rings. The third kappa shape index (κ3) is 5.28. The highest BCUT2D eigenvalue weighted by molar-refractivity contribution is 7.80. The van der Waals surface area contributed by atoms with Crippen LogP contribution in [0.15, 0.2) is 0 Å². The van der Waals surface area contributed by atoms with E-state index in [2.05, 4.69) is 44.9 Å². The summed E-state index contributed by atoms with van der Waals surface area (Å²) < 4.78 is 1.05. The number of quaternary nitrogens is 1. The molecule has 0 N–H and O–H groups in total. The van der Waals surface area contributed by atoms with Crippen LogP contribution in [0.3, 0.4) is 0 Å². The quantitative estimate of drug-likeness (QED) is 0.428. The fourth-order valence-electron chi connectivity index (χ4n) is 1.06. The molecule has 0 aromatic rings. The Morgan fingerprint density at radius 3 is 1.27 bits per heavy atom. The molecule has 0 aromatic heterocycles. The Kier molecular flexibility index (Phi) is 7.12. The van der Waals surface area contributed by atoms with Crippen molar-refractivity contribution in [3.8, 4) is 0 Å². The summed E-state index contributed by atoms with van der Waals surface area (Å²) >= 11 is 12.7. The van der Waals surface area contributed by atoms with Crippen LogP contribution in [0, 0.1) is 0 Å². The lowest BCUT2D eigenvalue weighted by Crippen LogP contribution is -2.48. The van der Waals surface area contributed by atoms with Crippen molar-refractivity contribution < 1.29 is 4.48 Å². The smallest absolute Gasteiger partial charge is 0.0874 e. The molecule has 0 rings (SSSR count). The van der Waals surface area contributed by atoms with E-state index in [0.29, 0.717) is 0 Å². The summed E-state index contributed by atoms with van der Waals surface area (Å²) in [5.74, 6) is 2.83. The minimum atomic E-state index is 0.943. The van der Waals surface area contributed by atoms with Crippen molar-refractivity contribution in [2.24, 2.45) is 0 Å². The average Bonchev–Trinajstić information content (AvgIpc) is 1.88. The molecule has 0 unspecified atom stereocenters. The highest BCUT2D eigenvalue weighted by Crippen LogP contribution is 2.03. The lowest BCUT2D eigenvalue weighted by atomic mass is 10.4. The van der Waals surface area contributed by atoms with E-state index < -0.39 is 0 Å². The van der Waals surface area contributed by atoms with Gasteiger partial charge in [-0.05, 0) is 0 Å². The summed E-state index contributed by atoms with van der Waals surface area (Å²) in [6, 6.07) is 0. The molecule has 0 spiro atoms. The monoisotopic (exact) mass is 212 g/mol. The molecule has 0 fully saturated rings. The molecule has 0 heterocycles. The van der Waals surface area contributed by atoms with Crippen LogP contribution >= 0.6 is 37.9 Å². The van der Waals surface area contributed by atoms with Crippen LogP contribution < -0.4 is 0 Å². The van der Waals surface area contributed by atoms with Crippen LogP contribution in [0.5, 0.6) is 0 Å². The Balaban J connectivity index is 3.79. The van der Waals surface area contributed by atoms with Gasteiger partial charge in [-0.25, -0.2) is 0 Å². The summed E-state index contributed by atoms with van der Waals surface area (Å²) in [7, 11) is 2.24. The third-order valence-corrected chi connectivity index (χ3v) is 2.52. The van der Waals surface area contributed by atoms with E-state index >= 15 is 0 Å². The minimum absolute atomic E-state index is 0.943. The second-order valence-corrected chi connectivity index (χ2v) is 4.30. The first-order chi connectivity index (χ1) is 5.18. The standard InChI is InChI=1S/C7H17NS3/c1-8(2-5-9,3-6-10)4-7-11/h2-7H2,1H3,(H2-,9,10,11)/p+1. The Bertz CT molecular complexity index is 80.7. The number of rotatable bonds is 6. The zero-order chi connectivity index (χ0) is 8.74. The summed E-state index contributed by atoms with van der Waals surface area (Å²) in [5, 5.41) is 0. The lowest BCUT2D eigenvalue weighted by Gasteiger charge is -2.33. The molecule has 0 aromatic carbocycles. The molecule has 11 heavy (non-hydrogen) atoms. The van der Waals surface area contributed by atoms with Crippen LogP contribution in [-0.4, -0.2) is 48.4 Å². The van der Waals surface area contributed by atoms with Crippen molar-refractivity contribution in [3.05, 3.63) is 0 Å². The maximum Gasteiger partial charge on any atom is 0.0874 e. The summed E-state index contributed by atoms with van der Waals surface area (Å²) in [4.78, 5) is 0. The van der Waals surface area contributed by atoms with Gasteiger partial charge in [0.2, 0.25) is 0 Å². The van der Waals surface area contributed by atoms with Crippen LogP contribution in [0.4, 0.5) is 0 Å². The summed E-state index contributed by atoms with van der Waals surface area (Å²) in [6.45, 7) is 3.35. The summed E-state index contributed by atoms with van der Waals surface area (Å²) in [5.41, 5.74) is 0. The van der Waals surface area contributed by atoms with E-state index in [9.17, 15) is 0 Å². The number of hydrogen-bond acceptors (Lipinski definition) is 3. The number of hydrogen-bond donors (Lipinski definition) is 3. The fraction of sp³-hybridized carbons (Fsp3) is 1.00. The molecule has 1 nitrogen and oxygen atoms in total. The van der Waals surface area contributed by atoms with Gasteiger partial charge in [0.05, 0.1) is 26.7 Å². The van der Waals surface area contributed by atoms with Gasteiger partial charge in [-0.2, -0.15) is 37.9 Å². The maximum atomic E-state index is 4.23. The fourth-order valence-corrected chi connectivity index (χ4v) is 2.51. The van der Waals surface area contributed by atoms with E-state index in [-0.39, 0.29) is 0 Å². The van der Waals surface area contributed by atoms with Crippen molar-refractivity contribution in [2.45, 2.75) is 0 Å². The van der Waals surface area contributed by atoms with Gasteiger partial charge in [0.25, 0.3) is 0 Å². The molecule has 0 atom stereocenters. The van der Waals surface area contributed by atoms with Gasteiger partial charge in [0, 0.05) is 17.3 Å². The van der Waals surface area contributed by atoms with Crippen LogP contribution in [-0.2, 0) is 0 Å². The van der Waals surface area contributed by atoms with Gasteiger partial charge >= 0.3 is 0 Å². The second kappa shape index (κ2) is 6.52. The molecule has 68 valence electrons. The van der Waals surface area contributed by atoms with E-state index in [0.717, 1.165) is 41.4 Å². The van der Waals surface area contributed by atoms with Crippen LogP contribution in [0.25, 0.3) is 0 Å². The first kappa shape index (κ1) is 12.0. The van der Waals surface area contributed by atoms with E-state index in [1.165, 1.54) is 0 Å². The second-order valence-electron chi connectivity index (χ2n) is 2.96. The Morgan fingerprint density at radius 1 is 0.818 bits per heavy atom.